The summed E-state index contributed by atoms with van der Waals surface area (Å²) in [5.41, 5.74) is 10.8. The van der Waals surface area contributed by atoms with E-state index in [1.807, 2.05) is 30.9 Å². The highest BCUT2D eigenvalue weighted by molar-refractivity contribution is 5.34. The van der Waals surface area contributed by atoms with Gasteiger partial charge in [0.15, 0.2) is 0 Å². The molecule has 3 heteroatoms. The van der Waals surface area contributed by atoms with Crippen LogP contribution in [0.3, 0.4) is 0 Å². The summed E-state index contributed by atoms with van der Waals surface area (Å²) in [6, 6.07) is 8.21. The first kappa shape index (κ1) is 10.9. The van der Waals surface area contributed by atoms with E-state index in [-0.39, 0.29) is 6.04 Å². The van der Waals surface area contributed by atoms with Crippen molar-refractivity contribution in [2.45, 2.75) is 19.9 Å². The van der Waals surface area contributed by atoms with Crippen molar-refractivity contribution in [1.82, 2.24) is 9.78 Å². The van der Waals surface area contributed by atoms with Crippen LogP contribution < -0.4 is 5.73 Å². The first-order valence-electron chi connectivity index (χ1n) is 5.40. The van der Waals surface area contributed by atoms with Gasteiger partial charge in [0.05, 0.1) is 12.2 Å². The maximum absolute atomic E-state index is 6.25. The molecule has 0 saturated heterocycles. The normalized spacial score (nSPS) is 12.8. The molecule has 84 valence electrons. The first-order valence-corrected chi connectivity index (χ1v) is 5.40. The average molecular weight is 215 g/mol. The van der Waals surface area contributed by atoms with E-state index in [0.29, 0.717) is 0 Å². The summed E-state index contributed by atoms with van der Waals surface area (Å²) in [6.07, 6.45) is 1.85. The molecule has 1 aromatic carbocycles. The van der Waals surface area contributed by atoms with Crippen LogP contribution in [0.2, 0.25) is 0 Å². The van der Waals surface area contributed by atoms with Gasteiger partial charge in [0.25, 0.3) is 0 Å². The lowest BCUT2D eigenvalue weighted by atomic mass is 9.99. The van der Waals surface area contributed by atoms with Crippen LogP contribution in [0.15, 0.2) is 30.5 Å². The molecule has 1 aromatic heterocycles. The fourth-order valence-corrected chi connectivity index (χ4v) is 1.86. The number of nitrogens with zero attached hydrogens (tertiary/aromatic N) is 2. The van der Waals surface area contributed by atoms with E-state index >= 15 is 0 Å². The van der Waals surface area contributed by atoms with Gasteiger partial charge in [0, 0.05) is 18.3 Å². The van der Waals surface area contributed by atoms with Crippen molar-refractivity contribution in [1.29, 1.82) is 0 Å². The molecule has 1 atom stereocenters. The Bertz CT molecular complexity index is 500. The Morgan fingerprint density at radius 3 is 2.62 bits per heavy atom. The molecule has 0 spiro atoms. The minimum Gasteiger partial charge on any atom is -0.320 e. The zero-order valence-electron chi connectivity index (χ0n) is 9.94. The van der Waals surface area contributed by atoms with Gasteiger partial charge in [-0.25, -0.2) is 0 Å². The van der Waals surface area contributed by atoms with Crippen LogP contribution >= 0.6 is 0 Å². The minimum atomic E-state index is -0.0893. The molecule has 0 amide bonds. The van der Waals surface area contributed by atoms with Crippen LogP contribution in [0.5, 0.6) is 0 Å². The standard InChI is InChI=1S/C13H17N3/c1-9-5-4-6-11(7-9)13(14)12-8-15-16(3)10(12)2/h4-8,13H,14H2,1-3H3. The number of benzene rings is 1. The molecule has 0 aliphatic carbocycles. The minimum absolute atomic E-state index is 0.0893. The lowest BCUT2D eigenvalue weighted by Crippen LogP contribution is -2.12. The molecular weight excluding hydrogens is 198 g/mol. The maximum Gasteiger partial charge on any atom is 0.0585 e. The molecule has 0 fully saturated rings. The smallest absolute Gasteiger partial charge is 0.0585 e. The molecule has 0 saturated carbocycles. The molecule has 0 radical (unpaired) electrons. The fourth-order valence-electron chi connectivity index (χ4n) is 1.86. The van der Waals surface area contributed by atoms with Gasteiger partial charge >= 0.3 is 0 Å². The summed E-state index contributed by atoms with van der Waals surface area (Å²) in [6.45, 7) is 4.12. The Morgan fingerprint density at radius 2 is 2.06 bits per heavy atom. The number of nitrogens with two attached hydrogens (primary N) is 1. The summed E-state index contributed by atoms with van der Waals surface area (Å²) in [5.74, 6) is 0. The predicted octanol–water partition coefficient (Wildman–Crippen LogP) is 2.09. The van der Waals surface area contributed by atoms with Crippen molar-refractivity contribution in [3.63, 3.8) is 0 Å². The highest BCUT2D eigenvalue weighted by Crippen LogP contribution is 2.22. The Hall–Kier alpha value is -1.61. The van der Waals surface area contributed by atoms with Gasteiger partial charge in [0.2, 0.25) is 0 Å². The molecule has 0 aliphatic heterocycles. The van der Waals surface area contributed by atoms with Crippen LogP contribution in [0.25, 0.3) is 0 Å². The molecule has 16 heavy (non-hydrogen) atoms. The second-order valence-electron chi connectivity index (χ2n) is 4.20. The van der Waals surface area contributed by atoms with Crippen LogP contribution in [-0.4, -0.2) is 9.78 Å². The van der Waals surface area contributed by atoms with Gasteiger partial charge in [-0.15, -0.1) is 0 Å². The van der Waals surface area contributed by atoms with Gasteiger partial charge < -0.3 is 5.73 Å². The number of hydrogen-bond acceptors (Lipinski definition) is 2. The van der Waals surface area contributed by atoms with E-state index < -0.39 is 0 Å². The van der Waals surface area contributed by atoms with Gasteiger partial charge in [-0.05, 0) is 19.4 Å². The van der Waals surface area contributed by atoms with Crippen molar-refractivity contribution in [3.8, 4) is 0 Å². The van der Waals surface area contributed by atoms with Crippen LogP contribution in [-0.2, 0) is 7.05 Å². The molecular formula is C13H17N3. The monoisotopic (exact) mass is 215 g/mol. The Kier molecular flexibility index (Phi) is 2.79. The molecule has 3 nitrogen and oxygen atoms in total. The summed E-state index contributed by atoms with van der Waals surface area (Å²) in [5, 5.41) is 4.22. The second kappa shape index (κ2) is 4.10. The molecule has 1 unspecified atom stereocenters. The third kappa shape index (κ3) is 1.86. The van der Waals surface area contributed by atoms with Gasteiger partial charge in [0.1, 0.15) is 0 Å². The summed E-state index contributed by atoms with van der Waals surface area (Å²) < 4.78 is 1.85. The first-order chi connectivity index (χ1) is 7.59. The van der Waals surface area contributed by atoms with Crippen molar-refractivity contribution in [2.75, 3.05) is 0 Å². The molecule has 0 aliphatic rings. The van der Waals surface area contributed by atoms with Gasteiger partial charge in [-0.1, -0.05) is 29.8 Å². The van der Waals surface area contributed by atoms with E-state index in [1.165, 1.54) is 5.56 Å². The van der Waals surface area contributed by atoms with Gasteiger partial charge in [-0.2, -0.15) is 5.10 Å². The Labute approximate surface area is 95.9 Å². The lowest BCUT2D eigenvalue weighted by molar-refractivity contribution is 0.734. The van der Waals surface area contributed by atoms with Gasteiger partial charge in [-0.3, -0.25) is 4.68 Å². The van der Waals surface area contributed by atoms with E-state index in [1.54, 1.807) is 0 Å². The summed E-state index contributed by atoms with van der Waals surface area (Å²) in [4.78, 5) is 0. The Balaban J connectivity index is 2.39. The number of aromatic nitrogens is 2. The average Bonchev–Trinajstić information content (AvgIpc) is 2.59. The third-order valence-electron chi connectivity index (χ3n) is 3.01. The molecule has 2 aromatic rings. The highest BCUT2D eigenvalue weighted by atomic mass is 15.3. The second-order valence-corrected chi connectivity index (χ2v) is 4.20. The quantitative estimate of drug-likeness (QED) is 0.833. The van der Waals surface area contributed by atoms with Crippen LogP contribution in [0.4, 0.5) is 0 Å². The van der Waals surface area contributed by atoms with Crippen molar-refractivity contribution in [3.05, 3.63) is 52.8 Å². The fraction of sp³-hybridized carbons (Fsp3) is 0.308. The predicted molar refractivity (Wildman–Crippen MR) is 65.2 cm³/mol. The van der Waals surface area contributed by atoms with Crippen molar-refractivity contribution >= 4 is 0 Å². The SMILES string of the molecule is Cc1cccc(C(N)c2cnn(C)c2C)c1. The van der Waals surface area contributed by atoms with E-state index in [9.17, 15) is 0 Å². The van der Waals surface area contributed by atoms with Crippen molar-refractivity contribution < 1.29 is 0 Å². The zero-order valence-corrected chi connectivity index (χ0v) is 9.94. The third-order valence-corrected chi connectivity index (χ3v) is 3.01. The van der Waals surface area contributed by atoms with E-state index in [2.05, 4.69) is 30.2 Å². The topological polar surface area (TPSA) is 43.8 Å². The molecule has 2 rings (SSSR count). The highest BCUT2D eigenvalue weighted by Gasteiger charge is 2.14. The number of rotatable bonds is 2. The maximum atomic E-state index is 6.25. The van der Waals surface area contributed by atoms with E-state index in [0.717, 1.165) is 16.8 Å². The lowest BCUT2D eigenvalue weighted by Gasteiger charge is -2.12. The number of hydrogen-bond donors (Lipinski definition) is 1. The Morgan fingerprint density at radius 1 is 1.31 bits per heavy atom. The van der Waals surface area contributed by atoms with Crippen LogP contribution in [0, 0.1) is 13.8 Å². The summed E-state index contributed by atoms with van der Waals surface area (Å²) in [7, 11) is 1.93. The zero-order chi connectivity index (χ0) is 11.7. The molecule has 2 N–H and O–H groups in total. The van der Waals surface area contributed by atoms with Crippen LogP contribution in [0.1, 0.15) is 28.4 Å². The number of aryl methyl sites for hydroxylation is 2. The van der Waals surface area contributed by atoms with E-state index in [4.69, 9.17) is 5.73 Å². The largest absolute Gasteiger partial charge is 0.320 e. The van der Waals surface area contributed by atoms with Crippen molar-refractivity contribution in [2.24, 2.45) is 12.8 Å². The summed E-state index contributed by atoms with van der Waals surface area (Å²) >= 11 is 0. The molecule has 1 heterocycles. The molecule has 0 bridgehead atoms.